The highest BCUT2D eigenvalue weighted by molar-refractivity contribution is 5.89. The van der Waals surface area contributed by atoms with Crippen molar-refractivity contribution in [2.45, 2.75) is 51.6 Å². The van der Waals surface area contributed by atoms with Gasteiger partial charge in [0.25, 0.3) is 0 Å². The van der Waals surface area contributed by atoms with Crippen LogP contribution in [0.1, 0.15) is 37.2 Å². The smallest absolute Gasteiger partial charge is 0.353 e. The molecule has 174 valence electrons. The summed E-state index contributed by atoms with van der Waals surface area (Å²) in [6.45, 7) is 5.06. The van der Waals surface area contributed by atoms with E-state index in [1.165, 1.54) is 6.07 Å². The summed E-state index contributed by atoms with van der Waals surface area (Å²) >= 11 is 0. The molecule has 32 heavy (non-hydrogen) atoms. The molecule has 1 saturated heterocycles. The van der Waals surface area contributed by atoms with Crippen LogP contribution < -0.4 is 5.32 Å². The van der Waals surface area contributed by atoms with Crippen LogP contribution in [-0.2, 0) is 35.9 Å². The first-order chi connectivity index (χ1) is 15.1. The molecule has 0 bridgehead atoms. The Morgan fingerprint density at radius 2 is 2.09 bits per heavy atom. The number of amides is 2. The molecule has 1 fully saturated rings. The van der Waals surface area contributed by atoms with Crippen LogP contribution >= 0.6 is 0 Å². The zero-order valence-electron chi connectivity index (χ0n) is 18.4. The molecule has 1 unspecified atom stereocenters. The molecule has 0 radical (unpaired) electrons. The summed E-state index contributed by atoms with van der Waals surface area (Å²) in [6, 6.07) is 4.20. The summed E-state index contributed by atoms with van der Waals surface area (Å²) in [6.07, 6.45) is -1.05. The van der Waals surface area contributed by atoms with E-state index in [-0.39, 0.29) is 30.8 Å². The first-order valence-corrected chi connectivity index (χ1v) is 10.5. The number of carbonyl (C=O) groups excluding carboxylic acids is 2. The van der Waals surface area contributed by atoms with Gasteiger partial charge in [-0.15, -0.1) is 0 Å². The van der Waals surface area contributed by atoms with Crippen molar-refractivity contribution in [3.63, 3.8) is 0 Å². The Labute approximate surface area is 185 Å². The van der Waals surface area contributed by atoms with Gasteiger partial charge in [0.05, 0.1) is 24.6 Å². The number of nitrogens with one attached hydrogen (secondary N) is 1. The molecular weight excluding hydrogens is 423 g/mol. The van der Waals surface area contributed by atoms with Crippen molar-refractivity contribution in [3.05, 3.63) is 53.6 Å². The number of aromatic nitrogens is 2. The van der Waals surface area contributed by atoms with Crippen LogP contribution in [0.25, 0.3) is 0 Å². The molecule has 7 nitrogen and oxygen atoms in total. The van der Waals surface area contributed by atoms with E-state index in [2.05, 4.69) is 10.3 Å². The van der Waals surface area contributed by atoms with Gasteiger partial charge in [0.2, 0.25) is 11.8 Å². The topological polar surface area (TPSA) is 70.5 Å². The van der Waals surface area contributed by atoms with Crippen LogP contribution in [0.4, 0.5) is 13.2 Å². The second kappa shape index (κ2) is 9.72. The number of hydrogen-bond acceptors (Lipinski definition) is 4. The highest BCUT2D eigenvalue weighted by Crippen LogP contribution is 2.30. The first kappa shape index (κ1) is 23.8. The molecule has 2 heterocycles. The van der Waals surface area contributed by atoms with Gasteiger partial charge in [-0.1, -0.05) is 18.2 Å². The molecule has 1 aromatic carbocycles. The number of piperazine rings is 1. The number of imidazole rings is 1. The van der Waals surface area contributed by atoms with Crippen LogP contribution in [-0.4, -0.2) is 56.3 Å². The summed E-state index contributed by atoms with van der Waals surface area (Å²) in [5, 5.41) is 2.76. The Hall–Kier alpha value is -2.88. The fraction of sp³-hybridized carbons (Fsp3) is 0.500. The first-order valence-electron chi connectivity index (χ1n) is 10.5. The van der Waals surface area contributed by atoms with Crippen molar-refractivity contribution in [1.29, 1.82) is 0 Å². The monoisotopic (exact) mass is 451 g/mol. The number of hydrogen-bond donors (Lipinski definition) is 1. The number of carbonyl (C=O) groups is 2. The molecule has 2 aromatic rings. The van der Waals surface area contributed by atoms with Crippen molar-refractivity contribution >= 4 is 11.8 Å². The van der Waals surface area contributed by atoms with Crippen LogP contribution in [0, 0.1) is 0 Å². The summed E-state index contributed by atoms with van der Waals surface area (Å²) in [4.78, 5) is 33.5. The molecule has 10 heteroatoms. The van der Waals surface area contributed by atoms with E-state index in [4.69, 9.17) is 0 Å². The lowest BCUT2D eigenvalue weighted by Gasteiger charge is -2.36. The summed E-state index contributed by atoms with van der Waals surface area (Å²) in [5.74, 6) is 0.220. The van der Waals surface area contributed by atoms with Crippen molar-refractivity contribution < 1.29 is 22.8 Å². The lowest BCUT2D eigenvalue weighted by molar-refractivity contribution is -0.140. The molecule has 1 atom stereocenters. The van der Waals surface area contributed by atoms with Gasteiger partial charge in [0.15, 0.2) is 0 Å². The largest absolute Gasteiger partial charge is 0.416 e. The van der Waals surface area contributed by atoms with E-state index in [0.717, 1.165) is 18.0 Å². The van der Waals surface area contributed by atoms with Gasteiger partial charge in [-0.05, 0) is 25.5 Å². The normalized spacial score (nSPS) is 17.5. The molecule has 1 N–H and O–H groups in total. The quantitative estimate of drug-likeness (QED) is 0.703. The fourth-order valence-electron chi connectivity index (χ4n) is 3.80. The number of alkyl halides is 3. The zero-order valence-corrected chi connectivity index (χ0v) is 18.4. The van der Waals surface area contributed by atoms with Crippen LogP contribution in [0.5, 0.6) is 0 Å². The van der Waals surface area contributed by atoms with Gasteiger partial charge in [0, 0.05) is 45.1 Å². The van der Waals surface area contributed by atoms with Gasteiger partial charge in [-0.25, -0.2) is 4.98 Å². The standard InChI is InChI=1S/C22H28F3N5O2/c1-15(2)30(14-19-26-7-9-28(19)3)20(31)12-18-21(32)27-8-10-29(18)13-16-5-4-6-17(11-16)22(23,24)25/h4-7,9,11,15,18H,8,10,12-14H2,1-3H3,(H,27,32). The average molecular weight is 451 g/mol. The third kappa shape index (κ3) is 5.67. The van der Waals surface area contributed by atoms with Gasteiger partial charge in [0.1, 0.15) is 5.82 Å². The highest BCUT2D eigenvalue weighted by Gasteiger charge is 2.35. The van der Waals surface area contributed by atoms with Gasteiger partial charge in [-0.3, -0.25) is 14.5 Å². The lowest BCUT2D eigenvalue weighted by Crippen LogP contribution is -2.56. The van der Waals surface area contributed by atoms with Gasteiger partial charge >= 0.3 is 6.18 Å². The van der Waals surface area contributed by atoms with E-state index in [9.17, 15) is 22.8 Å². The van der Waals surface area contributed by atoms with Gasteiger partial charge in [-0.2, -0.15) is 13.2 Å². The Balaban J connectivity index is 1.75. The van der Waals surface area contributed by atoms with Crippen molar-refractivity contribution in [2.75, 3.05) is 13.1 Å². The maximum atomic E-state index is 13.2. The maximum absolute atomic E-state index is 13.2. The molecule has 3 rings (SSSR count). The zero-order chi connectivity index (χ0) is 23.5. The second-order valence-corrected chi connectivity index (χ2v) is 8.25. The second-order valence-electron chi connectivity index (χ2n) is 8.25. The predicted octanol–water partition coefficient (Wildman–Crippen LogP) is 2.57. The average Bonchev–Trinajstić information content (AvgIpc) is 3.12. The number of benzene rings is 1. The summed E-state index contributed by atoms with van der Waals surface area (Å²) < 4.78 is 41.0. The van der Waals surface area contributed by atoms with E-state index in [0.29, 0.717) is 25.2 Å². The fourth-order valence-corrected chi connectivity index (χ4v) is 3.80. The third-order valence-electron chi connectivity index (χ3n) is 5.63. The van der Waals surface area contributed by atoms with E-state index in [1.54, 1.807) is 28.3 Å². The minimum Gasteiger partial charge on any atom is -0.353 e. The molecule has 1 aromatic heterocycles. The molecule has 0 spiro atoms. The Morgan fingerprint density at radius 3 is 2.72 bits per heavy atom. The molecular formula is C22H28F3N5O2. The van der Waals surface area contributed by atoms with E-state index in [1.807, 2.05) is 25.5 Å². The van der Waals surface area contributed by atoms with Crippen molar-refractivity contribution in [2.24, 2.45) is 7.05 Å². The summed E-state index contributed by atoms with van der Waals surface area (Å²) in [7, 11) is 1.84. The highest BCUT2D eigenvalue weighted by atomic mass is 19.4. The van der Waals surface area contributed by atoms with Gasteiger partial charge < -0.3 is 14.8 Å². The SMILES string of the molecule is CC(C)N(Cc1nccn1C)C(=O)CC1C(=O)NCCN1Cc1cccc(C(F)(F)F)c1. The Bertz CT molecular complexity index is 957. The van der Waals surface area contributed by atoms with E-state index >= 15 is 0 Å². The van der Waals surface area contributed by atoms with Crippen LogP contribution in [0.15, 0.2) is 36.7 Å². The third-order valence-corrected chi connectivity index (χ3v) is 5.63. The van der Waals surface area contributed by atoms with Crippen molar-refractivity contribution in [3.8, 4) is 0 Å². The van der Waals surface area contributed by atoms with Crippen molar-refractivity contribution in [1.82, 2.24) is 24.7 Å². The molecule has 2 amide bonds. The molecule has 0 saturated carbocycles. The number of rotatable bonds is 7. The van der Waals surface area contributed by atoms with Crippen LogP contribution in [0.3, 0.4) is 0 Å². The minimum absolute atomic E-state index is 0.0621. The molecule has 0 aliphatic carbocycles. The predicted molar refractivity (Wildman–Crippen MR) is 112 cm³/mol. The maximum Gasteiger partial charge on any atom is 0.416 e. The lowest BCUT2D eigenvalue weighted by atomic mass is 10.0. The van der Waals surface area contributed by atoms with E-state index < -0.39 is 17.8 Å². The minimum atomic E-state index is -4.44. The summed E-state index contributed by atoms with van der Waals surface area (Å²) in [5.41, 5.74) is -0.286. The Kier molecular flexibility index (Phi) is 7.22. The molecule has 1 aliphatic rings. The number of nitrogens with zero attached hydrogens (tertiary/aromatic N) is 4. The molecule has 1 aliphatic heterocycles. The van der Waals surface area contributed by atoms with Crippen LogP contribution in [0.2, 0.25) is 0 Å². The number of aryl methyl sites for hydroxylation is 1. The number of halogens is 3. The Morgan fingerprint density at radius 1 is 1.34 bits per heavy atom.